The van der Waals surface area contributed by atoms with Crippen LogP contribution in [0.4, 0.5) is 4.79 Å². The Labute approximate surface area is 214 Å². The normalized spacial score (nSPS) is 12.6. The molecule has 192 valence electrons. The van der Waals surface area contributed by atoms with Crippen molar-refractivity contribution in [2.45, 2.75) is 64.6 Å². The third kappa shape index (κ3) is 10.5. The van der Waals surface area contributed by atoms with Crippen LogP contribution in [0.25, 0.3) is 0 Å². The van der Waals surface area contributed by atoms with E-state index < -0.39 is 23.8 Å². The molecule has 2 unspecified atom stereocenters. The van der Waals surface area contributed by atoms with E-state index in [-0.39, 0.29) is 18.4 Å². The van der Waals surface area contributed by atoms with Gasteiger partial charge in [-0.15, -0.1) is 13.0 Å². The van der Waals surface area contributed by atoms with E-state index in [1.807, 2.05) is 13.2 Å². The molecule has 0 saturated heterocycles. The van der Waals surface area contributed by atoms with Crippen LogP contribution in [0.1, 0.15) is 64.1 Å². The van der Waals surface area contributed by atoms with E-state index in [0.29, 0.717) is 29.8 Å². The molecule has 7 nitrogen and oxygen atoms in total. The van der Waals surface area contributed by atoms with E-state index in [4.69, 9.17) is 11.2 Å². The van der Waals surface area contributed by atoms with Crippen LogP contribution in [0.5, 0.6) is 0 Å². The zero-order valence-corrected chi connectivity index (χ0v) is 22.4. The molecular weight excluding hydrogens is 462 g/mol. The molecule has 1 rings (SSSR count). The Morgan fingerprint density at radius 3 is 2.43 bits per heavy atom. The number of amides is 3. The minimum atomic E-state index is -0.915. The summed E-state index contributed by atoms with van der Waals surface area (Å²) in [5.74, 6) is 2.51. The fraction of sp³-hybridized carbons (Fsp3) is 0.519. The number of thioether (sulfide) groups is 1. The quantitative estimate of drug-likeness (QED) is 0.239. The smallest absolute Gasteiger partial charge is 0.408 e. The van der Waals surface area contributed by atoms with Gasteiger partial charge < -0.3 is 20.3 Å². The molecule has 3 amide bonds. The first-order chi connectivity index (χ1) is 16.6. The second-order valence-electron chi connectivity index (χ2n) is 9.07. The zero-order chi connectivity index (χ0) is 26.4. The molecule has 1 aromatic carbocycles. The van der Waals surface area contributed by atoms with Crippen LogP contribution in [0, 0.1) is 12.3 Å². The molecule has 0 heterocycles. The number of rotatable bonds is 13. The molecule has 0 bridgehead atoms. The van der Waals surface area contributed by atoms with Crippen molar-refractivity contribution < 1.29 is 19.1 Å². The van der Waals surface area contributed by atoms with Crippen LogP contribution in [0.3, 0.4) is 0 Å². The lowest BCUT2D eigenvalue weighted by atomic mass is 10.0. The Hall–Kier alpha value is -2.92. The highest BCUT2D eigenvalue weighted by molar-refractivity contribution is 7.98. The molecule has 0 aliphatic carbocycles. The number of hydrogen-bond acceptors (Lipinski definition) is 5. The summed E-state index contributed by atoms with van der Waals surface area (Å²) in [6.07, 6.45) is 10.4. The van der Waals surface area contributed by atoms with E-state index in [2.05, 4.69) is 23.1 Å². The van der Waals surface area contributed by atoms with Crippen molar-refractivity contribution in [3.8, 4) is 12.3 Å². The van der Waals surface area contributed by atoms with Crippen LogP contribution < -0.4 is 10.6 Å². The predicted molar refractivity (Wildman–Crippen MR) is 143 cm³/mol. The van der Waals surface area contributed by atoms with Gasteiger partial charge in [0.2, 0.25) is 11.8 Å². The lowest BCUT2D eigenvalue weighted by molar-refractivity contribution is -0.141. The number of nitrogens with one attached hydrogen (secondary N) is 2. The summed E-state index contributed by atoms with van der Waals surface area (Å²) in [4.78, 5) is 41.1. The van der Waals surface area contributed by atoms with Crippen LogP contribution in [0.15, 0.2) is 36.9 Å². The van der Waals surface area contributed by atoms with Gasteiger partial charge in [0.05, 0.1) is 0 Å². The summed E-state index contributed by atoms with van der Waals surface area (Å²) in [6, 6.07) is 5.20. The summed E-state index contributed by atoms with van der Waals surface area (Å²) in [6.45, 7) is 11.7. The Morgan fingerprint density at radius 1 is 1.26 bits per heavy atom. The van der Waals surface area contributed by atoms with E-state index in [1.165, 1.54) is 4.90 Å². The third-order valence-electron chi connectivity index (χ3n) is 4.99. The summed E-state index contributed by atoms with van der Waals surface area (Å²) >= 11 is 1.56. The first kappa shape index (κ1) is 30.1. The molecule has 0 spiro atoms. The van der Waals surface area contributed by atoms with Crippen molar-refractivity contribution in [1.82, 2.24) is 15.5 Å². The number of benzene rings is 1. The molecule has 0 aromatic heterocycles. The Balaban J connectivity index is 3.37. The van der Waals surface area contributed by atoms with Crippen LogP contribution in [-0.2, 0) is 14.3 Å². The molecule has 1 aromatic rings. The zero-order valence-electron chi connectivity index (χ0n) is 21.6. The fourth-order valence-corrected chi connectivity index (χ4v) is 3.80. The highest BCUT2D eigenvalue weighted by atomic mass is 32.2. The largest absolute Gasteiger partial charge is 0.444 e. The maximum absolute atomic E-state index is 13.8. The summed E-state index contributed by atoms with van der Waals surface area (Å²) < 4.78 is 5.38. The van der Waals surface area contributed by atoms with Crippen molar-refractivity contribution >= 4 is 29.7 Å². The predicted octanol–water partition coefficient (Wildman–Crippen LogP) is 4.29. The molecular formula is C27H39N3O4S. The second-order valence-corrected chi connectivity index (χ2v) is 10.1. The molecule has 8 heteroatoms. The Bertz CT molecular complexity index is 887. The summed E-state index contributed by atoms with van der Waals surface area (Å²) in [5.41, 5.74) is 0.581. The Kier molecular flexibility index (Phi) is 13.0. The maximum Gasteiger partial charge on any atom is 0.408 e. The van der Waals surface area contributed by atoms with Gasteiger partial charge in [-0.3, -0.25) is 9.59 Å². The SMILES string of the molecule is C#Cc1ccc(C(C(=O)NCCCC)N(CC=C)C(=O)C(CCSC)NC(=O)OC(C)(C)C)cc1. The number of carbonyl (C=O) groups excluding carboxylic acids is 3. The van der Waals surface area contributed by atoms with Crippen LogP contribution in [0.2, 0.25) is 0 Å². The highest BCUT2D eigenvalue weighted by Crippen LogP contribution is 2.24. The number of ether oxygens (including phenoxy) is 1. The van der Waals surface area contributed by atoms with Gasteiger partial charge in [0.25, 0.3) is 0 Å². The van der Waals surface area contributed by atoms with Crippen molar-refractivity contribution in [2.24, 2.45) is 0 Å². The highest BCUT2D eigenvalue weighted by Gasteiger charge is 2.35. The number of terminal acetylenes is 1. The fourth-order valence-electron chi connectivity index (χ4n) is 3.32. The third-order valence-corrected chi connectivity index (χ3v) is 5.64. The topological polar surface area (TPSA) is 87.7 Å². The molecule has 0 radical (unpaired) electrons. The second kappa shape index (κ2) is 15.2. The van der Waals surface area contributed by atoms with Crippen molar-refractivity contribution in [3.05, 3.63) is 48.0 Å². The van der Waals surface area contributed by atoms with Crippen molar-refractivity contribution in [3.63, 3.8) is 0 Å². The number of carbonyl (C=O) groups is 3. The van der Waals surface area contributed by atoms with Gasteiger partial charge in [0.15, 0.2) is 0 Å². The van der Waals surface area contributed by atoms with Gasteiger partial charge in [-0.25, -0.2) is 4.79 Å². The Morgan fingerprint density at radius 2 is 1.91 bits per heavy atom. The molecule has 0 fully saturated rings. The molecule has 0 aliphatic rings. The van der Waals surface area contributed by atoms with E-state index >= 15 is 0 Å². The van der Waals surface area contributed by atoms with Crippen molar-refractivity contribution in [1.29, 1.82) is 0 Å². The molecule has 0 aliphatic heterocycles. The summed E-state index contributed by atoms with van der Waals surface area (Å²) in [5, 5.41) is 5.64. The van der Waals surface area contributed by atoms with Gasteiger partial charge in [0, 0.05) is 18.7 Å². The number of alkyl carbamates (subject to hydrolysis) is 1. The van der Waals surface area contributed by atoms with Gasteiger partial charge in [-0.1, -0.05) is 37.5 Å². The van der Waals surface area contributed by atoms with E-state index in [1.54, 1.807) is 62.9 Å². The van der Waals surface area contributed by atoms with Gasteiger partial charge >= 0.3 is 6.09 Å². The van der Waals surface area contributed by atoms with E-state index in [9.17, 15) is 14.4 Å². The molecule has 35 heavy (non-hydrogen) atoms. The van der Waals surface area contributed by atoms with Crippen LogP contribution in [-0.4, -0.2) is 59.5 Å². The molecule has 2 N–H and O–H groups in total. The van der Waals surface area contributed by atoms with E-state index in [0.717, 1.165) is 12.8 Å². The van der Waals surface area contributed by atoms with Gasteiger partial charge in [0.1, 0.15) is 17.7 Å². The summed E-state index contributed by atoms with van der Waals surface area (Å²) in [7, 11) is 0. The molecule has 0 saturated carbocycles. The molecule has 2 atom stereocenters. The lowest BCUT2D eigenvalue weighted by Gasteiger charge is -2.34. The lowest BCUT2D eigenvalue weighted by Crippen LogP contribution is -2.53. The first-order valence-electron chi connectivity index (χ1n) is 11.8. The van der Waals surface area contributed by atoms with Crippen molar-refractivity contribution in [2.75, 3.05) is 25.1 Å². The first-order valence-corrected chi connectivity index (χ1v) is 13.2. The van der Waals surface area contributed by atoms with Gasteiger partial charge in [-0.05, 0) is 63.3 Å². The minimum absolute atomic E-state index is 0.118. The number of nitrogens with zero attached hydrogens (tertiary/aromatic N) is 1. The monoisotopic (exact) mass is 501 g/mol. The number of unbranched alkanes of at least 4 members (excludes halogenated alkanes) is 1. The number of hydrogen-bond donors (Lipinski definition) is 2. The maximum atomic E-state index is 13.8. The van der Waals surface area contributed by atoms with Crippen LogP contribution >= 0.6 is 11.8 Å². The average molecular weight is 502 g/mol. The van der Waals surface area contributed by atoms with Gasteiger partial charge in [-0.2, -0.15) is 11.8 Å². The average Bonchev–Trinajstić information content (AvgIpc) is 2.80. The minimum Gasteiger partial charge on any atom is -0.444 e. The standard InChI is InChI=1S/C27H39N3O4S/c1-8-11-17-28-24(31)23(21-14-12-20(10-3)13-15-21)30(18-9-2)25(32)22(16-19-35-7)29-26(33)34-27(4,5)6/h3,9,12-15,22-23H,2,8,11,16-19H2,1,4-7H3,(H,28,31)(H,29,33).